The van der Waals surface area contributed by atoms with Gasteiger partial charge >= 0.3 is 6.09 Å². The Bertz CT molecular complexity index is 862. The molecule has 0 radical (unpaired) electrons. The van der Waals surface area contributed by atoms with Crippen LogP contribution in [0.3, 0.4) is 0 Å². The van der Waals surface area contributed by atoms with Crippen LogP contribution in [0, 0.1) is 0 Å². The molecule has 1 aliphatic rings. The summed E-state index contributed by atoms with van der Waals surface area (Å²) in [6, 6.07) is 7.79. The Balaban J connectivity index is 2.21. The molecule has 0 saturated heterocycles. The molecule has 1 heterocycles. The summed E-state index contributed by atoms with van der Waals surface area (Å²) in [5.74, 6) is 0.392. The molecular formula is C20H24BrNO5. The molecular weight excluding hydrogens is 414 g/mol. The first-order valence-corrected chi connectivity index (χ1v) is 9.55. The van der Waals surface area contributed by atoms with Crippen LogP contribution in [0.2, 0.25) is 0 Å². The quantitative estimate of drug-likeness (QED) is 0.717. The van der Waals surface area contributed by atoms with Gasteiger partial charge in [-0.3, -0.25) is 4.90 Å². The third-order valence-electron chi connectivity index (χ3n) is 4.36. The fourth-order valence-electron chi connectivity index (χ4n) is 3.36. The van der Waals surface area contributed by atoms with Crippen molar-refractivity contribution in [2.24, 2.45) is 0 Å². The summed E-state index contributed by atoms with van der Waals surface area (Å²) >= 11 is 3.62. The molecule has 2 aromatic carbocycles. The van der Waals surface area contributed by atoms with Crippen LogP contribution in [0.4, 0.5) is 10.5 Å². The number of amides is 1. The Morgan fingerprint density at radius 1 is 1.30 bits per heavy atom. The molecule has 7 heteroatoms. The summed E-state index contributed by atoms with van der Waals surface area (Å²) < 4.78 is 17.1. The SMILES string of the molecule is COCOc1c(Br)c2c(c3ccccc13)[C@@H](CO)CN2C(=O)OC(C)(C)C. The minimum atomic E-state index is -0.618. The average Bonchev–Trinajstić information content (AvgIpc) is 3.00. The van der Waals surface area contributed by atoms with Gasteiger partial charge in [-0.25, -0.2) is 4.79 Å². The molecule has 3 rings (SSSR count). The van der Waals surface area contributed by atoms with Crippen molar-refractivity contribution in [3.63, 3.8) is 0 Å². The van der Waals surface area contributed by atoms with Gasteiger partial charge in [0.05, 0.1) is 16.8 Å². The number of hydrogen-bond acceptors (Lipinski definition) is 5. The largest absolute Gasteiger partial charge is 0.466 e. The first kappa shape index (κ1) is 19.9. The predicted molar refractivity (Wildman–Crippen MR) is 108 cm³/mol. The molecule has 0 spiro atoms. The molecule has 146 valence electrons. The van der Waals surface area contributed by atoms with E-state index in [9.17, 15) is 9.90 Å². The maximum atomic E-state index is 12.8. The number of hydrogen-bond donors (Lipinski definition) is 1. The molecule has 0 saturated carbocycles. The minimum Gasteiger partial charge on any atom is -0.466 e. The summed E-state index contributed by atoms with van der Waals surface area (Å²) in [4.78, 5) is 14.4. The van der Waals surface area contributed by atoms with Gasteiger partial charge in [0, 0.05) is 25.0 Å². The van der Waals surface area contributed by atoms with Gasteiger partial charge in [0.15, 0.2) is 6.79 Å². The lowest BCUT2D eigenvalue weighted by molar-refractivity contribution is 0.0517. The topological polar surface area (TPSA) is 68.2 Å². The highest BCUT2D eigenvalue weighted by atomic mass is 79.9. The number of carbonyl (C=O) groups is 1. The van der Waals surface area contributed by atoms with Crippen LogP contribution in [0.25, 0.3) is 10.8 Å². The number of methoxy groups -OCH3 is 1. The van der Waals surface area contributed by atoms with E-state index >= 15 is 0 Å². The van der Waals surface area contributed by atoms with Crippen molar-refractivity contribution < 1.29 is 24.1 Å². The maximum absolute atomic E-state index is 12.8. The standard InChI is InChI=1S/C20H24BrNO5/c1-20(2,3)27-19(24)22-9-12(10-23)15-13-7-5-6-8-14(13)18(26-11-25-4)16(21)17(15)22/h5-8,12,23H,9-11H2,1-4H3/t12-/m1/s1. The Kier molecular flexibility index (Phi) is 5.65. The van der Waals surface area contributed by atoms with E-state index in [4.69, 9.17) is 14.2 Å². The van der Waals surface area contributed by atoms with Crippen molar-refractivity contribution in [2.45, 2.75) is 32.3 Å². The first-order valence-electron chi connectivity index (χ1n) is 8.75. The number of nitrogens with zero attached hydrogens (tertiary/aromatic N) is 1. The zero-order valence-electron chi connectivity index (χ0n) is 15.9. The molecule has 0 aromatic heterocycles. The molecule has 1 N–H and O–H groups in total. The molecule has 2 aromatic rings. The zero-order valence-corrected chi connectivity index (χ0v) is 17.5. The van der Waals surface area contributed by atoms with Gasteiger partial charge in [0.25, 0.3) is 0 Å². The van der Waals surface area contributed by atoms with Gasteiger partial charge in [-0.1, -0.05) is 24.3 Å². The van der Waals surface area contributed by atoms with Crippen LogP contribution in [0.1, 0.15) is 32.3 Å². The van der Waals surface area contributed by atoms with E-state index in [0.717, 1.165) is 16.3 Å². The normalized spacial score (nSPS) is 16.5. The second kappa shape index (κ2) is 7.66. The highest BCUT2D eigenvalue weighted by Crippen LogP contribution is 2.51. The summed E-state index contributed by atoms with van der Waals surface area (Å²) in [6.07, 6.45) is -0.451. The van der Waals surface area contributed by atoms with Crippen molar-refractivity contribution in [1.82, 2.24) is 0 Å². The first-order chi connectivity index (χ1) is 12.8. The van der Waals surface area contributed by atoms with E-state index in [-0.39, 0.29) is 19.3 Å². The van der Waals surface area contributed by atoms with E-state index in [1.807, 2.05) is 45.0 Å². The van der Waals surface area contributed by atoms with E-state index in [0.29, 0.717) is 22.5 Å². The van der Waals surface area contributed by atoms with Gasteiger partial charge < -0.3 is 19.3 Å². The number of aliphatic hydroxyl groups excluding tert-OH is 1. The van der Waals surface area contributed by atoms with Crippen molar-refractivity contribution >= 4 is 38.5 Å². The number of halogens is 1. The number of ether oxygens (including phenoxy) is 3. The Morgan fingerprint density at radius 2 is 1.96 bits per heavy atom. The maximum Gasteiger partial charge on any atom is 0.414 e. The summed E-state index contributed by atoms with van der Waals surface area (Å²) in [5, 5.41) is 11.8. The van der Waals surface area contributed by atoms with E-state index in [1.54, 1.807) is 12.0 Å². The van der Waals surface area contributed by atoms with Crippen LogP contribution in [0.15, 0.2) is 28.7 Å². The van der Waals surface area contributed by atoms with Crippen molar-refractivity contribution in [3.8, 4) is 5.75 Å². The lowest BCUT2D eigenvalue weighted by Gasteiger charge is -2.26. The average molecular weight is 438 g/mol. The fraction of sp³-hybridized carbons (Fsp3) is 0.450. The molecule has 0 bridgehead atoms. The van der Waals surface area contributed by atoms with Gasteiger partial charge in [-0.15, -0.1) is 0 Å². The zero-order chi connectivity index (χ0) is 19.8. The number of rotatable bonds is 4. The van der Waals surface area contributed by atoms with Crippen LogP contribution >= 0.6 is 15.9 Å². The smallest absolute Gasteiger partial charge is 0.414 e. The van der Waals surface area contributed by atoms with Crippen LogP contribution < -0.4 is 9.64 Å². The number of aliphatic hydroxyl groups is 1. The van der Waals surface area contributed by atoms with E-state index in [1.165, 1.54) is 0 Å². The summed E-state index contributed by atoms with van der Waals surface area (Å²) in [5.41, 5.74) is 0.969. The molecule has 27 heavy (non-hydrogen) atoms. The molecule has 6 nitrogen and oxygen atoms in total. The van der Waals surface area contributed by atoms with Crippen molar-refractivity contribution in [2.75, 3.05) is 32.0 Å². The highest BCUT2D eigenvalue weighted by Gasteiger charge is 2.39. The highest BCUT2D eigenvalue weighted by molar-refractivity contribution is 9.10. The fourth-order valence-corrected chi connectivity index (χ4v) is 4.11. The number of anilines is 1. The van der Waals surface area contributed by atoms with E-state index in [2.05, 4.69) is 15.9 Å². The number of fused-ring (bicyclic) bond motifs is 3. The van der Waals surface area contributed by atoms with E-state index < -0.39 is 11.7 Å². The second-order valence-electron chi connectivity index (χ2n) is 7.47. The minimum absolute atomic E-state index is 0.0684. The molecule has 0 fully saturated rings. The Morgan fingerprint density at radius 3 is 2.56 bits per heavy atom. The monoisotopic (exact) mass is 437 g/mol. The van der Waals surface area contributed by atoms with Gasteiger partial charge in [0.1, 0.15) is 11.4 Å². The molecule has 0 unspecified atom stereocenters. The van der Waals surface area contributed by atoms with Gasteiger partial charge in [0.2, 0.25) is 0 Å². The lowest BCUT2D eigenvalue weighted by atomic mass is 9.95. The summed E-state index contributed by atoms with van der Waals surface area (Å²) in [7, 11) is 1.55. The van der Waals surface area contributed by atoms with Crippen molar-refractivity contribution in [3.05, 3.63) is 34.3 Å². The third-order valence-corrected chi connectivity index (χ3v) is 5.10. The predicted octanol–water partition coefficient (Wildman–Crippen LogP) is 4.42. The number of benzene rings is 2. The summed E-state index contributed by atoms with van der Waals surface area (Å²) in [6.45, 7) is 5.84. The number of carbonyl (C=O) groups excluding carboxylic acids is 1. The lowest BCUT2D eigenvalue weighted by Crippen LogP contribution is -2.36. The van der Waals surface area contributed by atoms with Gasteiger partial charge in [-0.05, 0) is 47.7 Å². The molecule has 1 aliphatic heterocycles. The molecule has 1 atom stereocenters. The second-order valence-corrected chi connectivity index (χ2v) is 8.27. The Hall–Kier alpha value is -1.83. The van der Waals surface area contributed by atoms with Crippen LogP contribution in [-0.2, 0) is 9.47 Å². The van der Waals surface area contributed by atoms with Crippen LogP contribution in [0.5, 0.6) is 5.75 Å². The molecule has 0 aliphatic carbocycles. The van der Waals surface area contributed by atoms with Crippen molar-refractivity contribution in [1.29, 1.82) is 0 Å². The van der Waals surface area contributed by atoms with Gasteiger partial charge in [-0.2, -0.15) is 0 Å². The third kappa shape index (κ3) is 3.77. The molecule has 1 amide bonds. The van der Waals surface area contributed by atoms with Crippen LogP contribution in [-0.4, -0.2) is 43.9 Å². The Labute approximate surface area is 167 Å².